The SMILES string of the molecule is CC(=O)c1cccc(CC#N)n1. The summed E-state index contributed by atoms with van der Waals surface area (Å²) in [5.74, 6) is -0.0743. The van der Waals surface area contributed by atoms with Crippen LogP contribution in [-0.4, -0.2) is 10.8 Å². The highest BCUT2D eigenvalue weighted by Gasteiger charge is 2.00. The van der Waals surface area contributed by atoms with E-state index in [-0.39, 0.29) is 12.2 Å². The van der Waals surface area contributed by atoms with Crippen molar-refractivity contribution in [1.82, 2.24) is 4.98 Å². The second kappa shape index (κ2) is 3.63. The summed E-state index contributed by atoms with van der Waals surface area (Å²) in [4.78, 5) is 14.8. The number of rotatable bonds is 2. The van der Waals surface area contributed by atoms with Crippen molar-refractivity contribution in [2.45, 2.75) is 13.3 Å². The molecule has 0 fully saturated rings. The van der Waals surface area contributed by atoms with Gasteiger partial charge in [0, 0.05) is 6.92 Å². The molecule has 3 heteroatoms. The van der Waals surface area contributed by atoms with Crippen molar-refractivity contribution in [1.29, 1.82) is 5.26 Å². The van der Waals surface area contributed by atoms with Crippen LogP contribution < -0.4 is 0 Å². The normalized spacial score (nSPS) is 9.00. The fraction of sp³-hybridized carbons (Fsp3) is 0.222. The van der Waals surface area contributed by atoms with Crippen molar-refractivity contribution >= 4 is 5.78 Å². The van der Waals surface area contributed by atoms with E-state index in [0.717, 1.165) is 0 Å². The van der Waals surface area contributed by atoms with Gasteiger partial charge < -0.3 is 0 Å². The van der Waals surface area contributed by atoms with Gasteiger partial charge in [-0.25, -0.2) is 4.98 Å². The largest absolute Gasteiger partial charge is 0.293 e. The molecule has 1 rings (SSSR count). The van der Waals surface area contributed by atoms with Crippen LogP contribution in [0, 0.1) is 11.3 Å². The third kappa shape index (κ3) is 1.89. The molecular formula is C9H8N2O. The van der Waals surface area contributed by atoms with Crippen LogP contribution in [0.4, 0.5) is 0 Å². The monoisotopic (exact) mass is 160 g/mol. The van der Waals surface area contributed by atoms with Gasteiger partial charge in [0.05, 0.1) is 18.2 Å². The molecule has 0 N–H and O–H groups in total. The van der Waals surface area contributed by atoms with Crippen LogP contribution in [0.25, 0.3) is 0 Å². The summed E-state index contributed by atoms with van der Waals surface area (Å²) in [6.07, 6.45) is 0.251. The molecule has 0 saturated heterocycles. The van der Waals surface area contributed by atoms with Crippen LogP contribution >= 0.6 is 0 Å². The zero-order valence-electron chi connectivity index (χ0n) is 6.74. The summed E-state index contributed by atoms with van der Waals surface area (Å²) in [5, 5.41) is 8.37. The summed E-state index contributed by atoms with van der Waals surface area (Å²) in [7, 11) is 0. The first-order chi connectivity index (χ1) is 5.74. The van der Waals surface area contributed by atoms with Crippen LogP contribution in [0.15, 0.2) is 18.2 Å². The highest BCUT2D eigenvalue weighted by atomic mass is 16.1. The van der Waals surface area contributed by atoms with Gasteiger partial charge in [0.15, 0.2) is 5.78 Å². The molecule has 1 aromatic rings. The first-order valence-electron chi connectivity index (χ1n) is 3.58. The quantitative estimate of drug-likeness (QED) is 0.613. The first kappa shape index (κ1) is 8.41. The van der Waals surface area contributed by atoms with Crippen molar-refractivity contribution in [3.05, 3.63) is 29.6 Å². The Labute approximate surface area is 70.7 Å². The van der Waals surface area contributed by atoms with Gasteiger partial charge >= 0.3 is 0 Å². The van der Waals surface area contributed by atoms with E-state index in [1.807, 2.05) is 6.07 Å². The minimum Gasteiger partial charge on any atom is -0.293 e. The topological polar surface area (TPSA) is 53.8 Å². The van der Waals surface area contributed by atoms with E-state index in [2.05, 4.69) is 4.98 Å². The molecule has 0 unspecified atom stereocenters. The lowest BCUT2D eigenvalue weighted by molar-refractivity contribution is 0.101. The van der Waals surface area contributed by atoms with E-state index in [1.54, 1.807) is 18.2 Å². The standard InChI is InChI=1S/C9H8N2O/c1-7(12)9-4-2-3-8(11-9)5-6-10/h2-4H,5H2,1H3. The number of Topliss-reactive ketones (excluding diaryl/α,β-unsaturated/α-hetero) is 1. The van der Waals surface area contributed by atoms with Crippen molar-refractivity contribution < 1.29 is 4.79 Å². The summed E-state index contributed by atoms with van der Waals surface area (Å²) in [5.41, 5.74) is 1.06. The molecule has 0 aliphatic rings. The van der Waals surface area contributed by atoms with Gasteiger partial charge in [-0.1, -0.05) is 6.07 Å². The number of hydrogen-bond donors (Lipinski definition) is 0. The van der Waals surface area contributed by atoms with Gasteiger partial charge in [-0.15, -0.1) is 0 Å². The van der Waals surface area contributed by atoms with E-state index >= 15 is 0 Å². The van der Waals surface area contributed by atoms with E-state index in [4.69, 9.17) is 5.26 Å². The summed E-state index contributed by atoms with van der Waals surface area (Å²) in [6, 6.07) is 7.08. The molecule has 0 aliphatic carbocycles. The highest BCUT2D eigenvalue weighted by molar-refractivity contribution is 5.92. The molecule has 1 heterocycles. The number of hydrogen-bond acceptors (Lipinski definition) is 3. The van der Waals surface area contributed by atoms with Crippen LogP contribution in [0.1, 0.15) is 23.1 Å². The van der Waals surface area contributed by atoms with E-state index in [1.165, 1.54) is 6.92 Å². The third-order valence-electron chi connectivity index (χ3n) is 1.43. The minimum absolute atomic E-state index is 0.0743. The first-order valence-corrected chi connectivity index (χ1v) is 3.58. The summed E-state index contributed by atoms with van der Waals surface area (Å²) in [6.45, 7) is 1.46. The zero-order valence-corrected chi connectivity index (χ0v) is 6.74. The molecule has 0 radical (unpaired) electrons. The molecule has 0 spiro atoms. The molecule has 60 valence electrons. The third-order valence-corrected chi connectivity index (χ3v) is 1.43. The van der Waals surface area contributed by atoms with Crippen LogP contribution in [0.3, 0.4) is 0 Å². The maximum atomic E-state index is 10.9. The molecule has 3 nitrogen and oxygen atoms in total. The Morgan fingerprint density at radius 2 is 2.42 bits per heavy atom. The Balaban J connectivity index is 2.97. The van der Waals surface area contributed by atoms with Gasteiger partial charge in [0.1, 0.15) is 5.69 Å². The molecule has 0 aliphatic heterocycles. The van der Waals surface area contributed by atoms with Gasteiger partial charge in [-0.3, -0.25) is 4.79 Å². The maximum absolute atomic E-state index is 10.9. The Hall–Kier alpha value is -1.69. The fourth-order valence-electron chi connectivity index (χ4n) is 0.855. The fourth-order valence-corrected chi connectivity index (χ4v) is 0.855. The van der Waals surface area contributed by atoms with Crippen LogP contribution in [-0.2, 0) is 6.42 Å². The van der Waals surface area contributed by atoms with E-state index in [0.29, 0.717) is 11.4 Å². The Morgan fingerprint density at radius 3 is 3.00 bits per heavy atom. The molecule has 0 amide bonds. The average molecular weight is 160 g/mol. The number of ketones is 1. The van der Waals surface area contributed by atoms with E-state index in [9.17, 15) is 4.79 Å². The minimum atomic E-state index is -0.0743. The second-order valence-corrected chi connectivity index (χ2v) is 2.41. The number of carbonyl (C=O) groups excluding carboxylic acids is 1. The van der Waals surface area contributed by atoms with Gasteiger partial charge in [0.2, 0.25) is 0 Å². The van der Waals surface area contributed by atoms with Gasteiger partial charge in [-0.05, 0) is 12.1 Å². The predicted molar refractivity (Wildman–Crippen MR) is 43.6 cm³/mol. The number of pyridine rings is 1. The van der Waals surface area contributed by atoms with Crippen LogP contribution in [0.5, 0.6) is 0 Å². The molecule has 0 saturated carbocycles. The molecule has 0 bridgehead atoms. The summed E-state index contributed by atoms with van der Waals surface area (Å²) >= 11 is 0. The van der Waals surface area contributed by atoms with Crippen molar-refractivity contribution in [3.8, 4) is 6.07 Å². The maximum Gasteiger partial charge on any atom is 0.178 e. The Kier molecular flexibility index (Phi) is 2.54. The van der Waals surface area contributed by atoms with Crippen molar-refractivity contribution in [3.63, 3.8) is 0 Å². The van der Waals surface area contributed by atoms with Gasteiger partial charge in [0.25, 0.3) is 0 Å². The number of nitrogens with zero attached hydrogens (tertiary/aromatic N) is 2. The van der Waals surface area contributed by atoms with Crippen molar-refractivity contribution in [2.75, 3.05) is 0 Å². The lowest BCUT2D eigenvalue weighted by atomic mass is 10.2. The van der Waals surface area contributed by atoms with Gasteiger partial charge in [-0.2, -0.15) is 5.26 Å². The molecule has 0 atom stereocenters. The second-order valence-electron chi connectivity index (χ2n) is 2.41. The molecular weight excluding hydrogens is 152 g/mol. The lowest BCUT2D eigenvalue weighted by Gasteiger charge is -1.96. The average Bonchev–Trinajstić information content (AvgIpc) is 2.05. The van der Waals surface area contributed by atoms with Crippen molar-refractivity contribution in [2.24, 2.45) is 0 Å². The molecule has 0 aromatic carbocycles. The number of aromatic nitrogens is 1. The van der Waals surface area contributed by atoms with Crippen LogP contribution in [0.2, 0.25) is 0 Å². The smallest absolute Gasteiger partial charge is 0.178 e. The Morgan fingerprint density at radius 1 is 1.67 bits per heavy atom. The number of carbonyl (C=O) groups is 1. The lowest BCUT2D eigenvalue weighted by Crippen LogP contribution is -1.98. The summed E-state index contributed by atoms with van der Waals surface area (Å²) < 4.78 is 0. The highest BCUT2D eigenvalue weighted by Crippen LogP contribution is 2.00. The molecule has 1 aromatic heterocycles. The zero-order chi connectivity index (χ0) is 8.97. The Bertz CT molecular complexity index is 339. The van der Waals surface area contributed by atoms with E-state index < -0.39 is 0 Å². The number of nitriles is 1. The predicted octanol–water partition coefficient (Wildman–Crippen LogP) is 1.35. The molecule has 12 heavy (non-hydrogen) atoms.